The van der Waals surface area contributed by atoms with Crippen molar-refractivity contribution in [3.05, 3.63) is 221 Å². The molecule has 0 unspecified atom stereocenters. The summed E-state index contributed by atoms with van der Waals surface area (Å²) in [5.41, 5.74) is 22.4. The van der Waals surface area contributed by atoms with E-state index < -0.39 is 0 Å². The van der Waals surface area contributed by atoms with Crippen LogP contribution in [0.15, 0.2) is 188 Å². The van der Waals surface area contributed by atoms with Crippen molar-refractivity contribution in [2.75, 3.05) is 4.90 Å². The Hall–Kier alpha value is -6.44. The highest BCUT2D eigenvalue weighted by molar-refractivity contribution is 5.88. The van der Waals surface area contributed by atoms with Crippen LogP contribution in [0.4, 0.5) is 17.1 Å². The number of anilines is 3. The van der Waals surface area contributed by atoms with E-state index in [1.54, 1.807) is 0 Å². The number of fused-ring (bicyclic) bond motifs is 9. The van der Waals surface area contributed by atoms with Gasteiger partial charge in [0.2, 0.25) is 0 Å². The van der Waals surface area contributed by atoms with Crippen LogP contribution >= 0.6 is 0 Å². The van der Waals surface area contributed by atoms with Crippen molar-refractivity contribution in [3.63, 3.8) is 0 Å². The number of benzene rings is 8. The Labute approximate surface area is 324 Å². The lowest BCUT2D eigenvalue weighted by atomic mass is 9.75. The van der Waals surface area contributed by atoms with Crippen LogP contribution in [0, 0.1) is 0 Å². The molecule has 0 fully saturated rings. The van der Waals surface area contributed by atoms with Gasteiger partial charge in [-0.15, -0.1) is 0 Å². The van der Waals surface area contributed by atoms with E-state index in [1.165, 1.54) is 77.9 Å². The van der Waals surface area contributed by atoms with E-state index in [2.05, 4.69) is 207 Å². The highest BCUT2D eigenvalue weighted by Crippen LogP contribution is 2.56. The second-order valence-electron chi connectivity index (χ2n) is 16.2. The highest BCUT2D eigenvalue weighted by Gasteiger charge is 2.47. The predicted octanol–water partition coefficient (Wildman–Crippen LogP) is 13.9. The van der Waals surface area contributed by atoms with Crippen molar-refractivity contribution in [3.8, 4) is 44.5 Å². The van der Waals surface area contributed by atoms with Gasteiger partial charge in [-0.3, -0.25) is 0 Å². The Balaban J connectivity index is 0.997. The molecule has 0 aromatic heterocycles. The molecule has 3 aliphatic rings. The summed E-state index contributed by atoms with van der Waals surface area (Å²) in [5, 5.41) is 0. The summed E-state index contributed by atoms with van der Waals surface area (Å²) in [4.78, 5) is 2.42. The van der Waals surface area contributed by atoms with Crippen molar-refractivity contribution >= 4 is 17.1 Å². The Bertz CT molecular complexity index is 2750. The summed E-state index contributed by atoms with van der Waals surface area (Å²) in [6.45, 7) is 4.72. The van der Waals surface area contributed by atoms with Crippen LogP contribution < -0.4 is 4.90 Å². The molecule has 3 aliphatic carbocycles. The van der Waals surface area contributed by atoms with Gasteiger partial charge in [-0.2, -0.15) is 0 Å². The molecular formula is C54H41N. The molecule has 55 heavy (non-hydrogen) atoms. The zero-order valence-electron chi connectivity index (χ0n) is 31.3. The summed E-state index contributed by atoms with van der Waals surface area (Å²) in [6.07, 6.45) is 2.10. The first-order valence-corrected chi connectivity index (χ1v) is 19.6. The second-order valence-corrected chi connectivity index (χ2v) is 16.2. The summed E-state index contributed by atoms with van der Waals surface area (Å²) < 4.78 is 0. The smallest absolute Gasteiger partial charge is 0.0465 e. The average Bonchev–Trinajstić information content (AvgIpc) is 3.84. The largest absolute Gasteiger partial charge is 0.310 e. The lowest BCUT2D eigenvalue weighted by molar-refractivity contribution is 0.564. The van der Waals surface area contributed by atoms with Gasteiger partial charge in [0.25, 0.3) is 0 Å². The number of hydrogen-bond donors (Lipinski definition) is 0. The van der Waals surface area contributed by atoms with E-state index in [4.69, 9.17) is 0 Å². The Morgan fingerprint density at radius 3 is 1.47 bits per heavy atom. The van der Waals surface area contributed by atoms with Gasteiger partial charge in [0.15, 0.2) is 0 Å². The van der Waals surface area contributed by atoms with E-state index in [0.717, 1.165) is 29.9 Å². The van der Waals surface area contributed by atoms with Crippen LogP contribution in [0.3, 0.4) is 0 Å². The third-order valence-corrected chi connectivity index (χ3v) is 12.9. The second kappa shape index (κ2) is 12.0. The molecule has 1 nitrogen and oxygen atoms in total. The Morgan fingerprint density at radius 1 is 0.345 bits per heavy atom. The van der Waals surface area contributed by atoms with E-state index >= 15 is 0 Å². The fourth-order valence-electron chi connectivity index (χ4n) is 10.1. The molecule has 8 aromatic rings. The van der Waals surface area contributed by atoms with Gasteiger partial charge in [-0.05, 0) is 133 Å². The van der Waals surface area contributed by atoms with Gasteiger partial charge in [0.1, 0.15) is 0 Å². The first-order valence-electron chi connectivity index (χ1n) is 19.6. The maximum Gasteiger partial charge on any atom is 0.0465 e. The zero-order valence-corrected chi connectivity index (χ0v) is 31.3. The quantitative estimate of drug-likeness (QED) is 0.172. The van der Waals surface area contributed by atoms with Crippen molar-refractivity contribution < 1.29 is 0 Å². The Kier molecular flexibility index (Phi) is 7.01. The molecule has 8 aromatic carbocycles. The third kappa shape index (κ3) is 4.86. The number of hydrogen-bond acceptors (Lipinski definition) is 1. The SMILES string of the molecule is CC1(C)c2ccccc2-c2ccc(N(c3ccc(-c4ccccc4)cc3)c3ccc(-c4ccc5c(c4)C4(Cc6ccccc6C4)c4ccccc4-5)cc3)cc21. The van der Waals surface area contributed by atoms with E-state index in [-0.39, 0.29) is 10.8 Å². The highest BCUT2D eigenvalue weighted by atomic mass is 15.1. The Morgan fingerprint density at radius 2 is 0.800 bits per heavy atom. The topological polar surface area (TPSA) is 3.24 Å². The molecule has 0 bridgehead atoms. The molecule has 0 aliphatic heterocycles. The fourth-order valence-corrected chi connectivity index (χ4v) is 10.1. The first-order chi connectivity index (χ1) is 27.0. The van der Waals surface area contributed by atoms with Crippen molar-refractivity contribution in [2.45, 2.75) is 37.5 Å². The zero-order chi connectivity index (χ0) is 36.7. The molecule has 0 heterocycles. The summed E-state index contributed by atoms with van der Waals surface area (Å²) >= 11 is 0. The normalized spacial score (nSPS) is 14.9. The fraction of sp³-hybridized carbons (Fsp3) is 0.111. The number of nitrogens with zero attached hydrogens (tertiary/aromatic N) is 1. The van der Waals surface area contributed by atoms with Gasteiger partial charge < -0.3 is 4.90 Å². The van der Waals surface area contributed by atoms with Crippen LogP contribution in [-0.2, 0) is 23.7 Å². The molecule has 1 heteroatoms. The molecule has 0 amide bonds. The van der Waals surface area contributed by atoms with E-state index in [9.17, 15) is 0 Å². The van der Waals surface area contributed by atoms with Gasteiger partial charge >= 0.3 is 0 Å². The maximum absolute atomic E-state index is 2.50. The number of rotatable bonds is 5. The summed E-state index contributed by atoms with van der Waals surface area (Å²) in [7, 11) is 0. The lowest BCUT2D eigenvalue weighted by Crippen LogP contribution is -2.25. The van der Waals surface area contributed by atoms with Crippen LogP contribution in [0.2, 0.25) is 0 Å². The molecule has 0 N–H and O–H groups in total. The van der Waals surface area contributed by atoms with Crippen molar-refractivity contribution in [1.82, 2.24) is 0 Å². The van der Waals surface area contributed by atoms with Crippen molar-refractivity contribution in [2.24, 2.45) is 0 Å². The average molecular weight is 704 g/mol. The van der Waals surface area contributed by atoms with Crippen LogP contribution in [0.1, 0.15) is 47.2 Å². The molecule has 0 radical (unpaired) electrons. The van der Waals surface area contributed by atoms with Crippen LogP contribution in [-0.4, -0.2) is 0 Å². The minimum Gasteiger partial charge on any atom is -0.310 e. The van der Waals surface area contributed by atoms with Gasteiger partial charge in [0.05, 0.1) is 0 Å². The molecule has 0 atom stereocenters. The van der Waals surface area contributed by atoms with E-state index in [0.29, 0.717) is 0 Å². The minimum absolute atomic E-state index is 0.0186. The summed E-state index contributed by atoms with van der Waals surface area (Å²) in [6, 6.07) is 70.2. The van der Waals surface area contributed by atoms with Gasteiger partial charge in [-0.25, -0.2) is 0 Å². The molecule has 11 rings (SSSR count). The maximum atomic E-state index is 2.50. The minimum atomic E-state index is -0.0834. The summed E-state index contributed by atoms with van der Waals surface area (Å²) in [5.74, 6) is 0. The lowest BCUT2D eigenvalue weighted by Gasteiger charge is -2.28. The van der Waals surface area contributed by atoms with E-state index in [1.807, 2.05) is 0 Å². The molecule has 262 valence electrons. The third-order valence-electron chi connectivity index (χ3n) is 12.9. The van der Waals surface area contributed by atoms with Crippen molar-refractivity contribution in [1.29, 1.82) is 0 Å². The molecular weight excluding hydrogens is 663 g/mol. The standard InChI is InChI=1S/C54H41N/c1-53(2)49-18-10-8-16-45(49)47-31-29-44(33-51(47)53)55(42-25-20-37(21-26-42)36-12-4-3-5-13-36)43-27-22-38(23-28-43)39-24-30-48-46-17-9-11-19-50(46)54(52(48)32-39)34-40-14-6-7-15-41(40)35-54/h3-33H,34-35H2,1-2H3. The van der Waals surface area contributed by atoms with Gasteiger partial charge in [-0.1, -0.05) is 159 Å². The molecule has 0 saturated carbocycles. The molecule has 1 spiro atoms. The van der Waals surface area contributed by atoms with Crippen LogP contribution in [0.25, 0.3) is 44.5 Å². The van der Waals surface area contributed by atoms with Crippen LogP contribution in [0.5, 0.6) is 0 Å². The monoisotopic (exact) mass is 703 g/mol. The predicted molar refractivity (Wildman–Crippen MR) is 230 cm³/mol. The van der Waals surface area contributed by atoms with Gasteiger partial charge in [0, 0.05) is 27.9 Å². The molecule has 0 saturated heterocycles. The first kappa shape index (κ1) is 32.0.